The van der Waals surface area contributed by atoms with Crippen LogP contribution in [0, 0.1) is 5.92 Å². The summed E-state index contributed by atoms with van der Waals surface area (Å²) in [5.41, 5.74) is 0. The van der Waals surface area contributed by atoms with Gasteiger partial charge in [-0.05, 0) is 26.6 Å². The lowest BCUT2D eigenvalue weighted by Gasteiger charge is -2.04. The van der Waals surface area contributed by atoms with Gasteiger partial charge in [-0.1, -0.05) is 12.8 Å². The van der Waals surface area contributed by atoms with Crippen LogP contribution in [0.1, 0.15) is 25.7 Å². The molecular weight excluding hydrogens is 160 g/mol. The van der Waals surface area contributed by atoms with E-state index in [0.29, 0.717) is 0 Å². The van der Waals surface area contributed by atoms with Gasteiger partial charge in [0, 0.05) is 11.5 Å². The molecule has 1 aliphatic heterocycles. The van der Waals surface area contributed by atoms with Crippen molar-refractivity contribution < 1.29 is 0 Å². The largest absolute Gasteiger partial charge is 0.230 e. The summed E-state index contributed by atoms with van der Waals surface area (Å²) in [7, 11) is 2.70. The first kappa shape index (κ1) is 6.83. The molecule has 0 saturated heterocycles. The first-order valence-corrected chi connectivity index (χ1v) is 6.22. The quantitative estimate of drug-likeness (QED) is 0.535. The molecule has 1 saturated carbocycles. The maximum Gasteiger partial charge on any atom is 0.0696 e. The molecule has 0 aromatic carbocycles. The Labute approximate surface area is 64.8 Å². The molecule has 2 rings (SSSR count). The van der Waals surface area contributed by atoms with E-state index >= 15 is 0 Å². The smallest absolute Gasteiger partial charge is 0.0696 e. The number of rotatable bonds is 1. The minimum absolute atomic E-state index is 0.903. The number of hydrogen-bond acceptors (Lipinski definition) is 0. The highest BCUT2D eigenvalue weighted by Crippen LogP contribution is 2.42. The number of nitrogens with zero attached hydrogens (tertiary/aromatic N) is 1. The van der Waals surface area contributed by atoms with E-state index in [9.17, 15) is 0 Å². The van der Waals surface area contributed by atoms with Gasteiger partial charge in [-0.2, -0.15) is 0 Å². The van der Waals surface area contributed by atoms with E-state index in [2.05, 4.69) is 11.3 Å². The second kappa shape index (κ2) is 3.03. The molecule has 2 aliphatic rings. The standard InChI is InChI=1S/C7H10NP2/c1-2-4-6(3-1)7-5-8-10-9-7/h5-6H,1-4H2. The molecular formula is C7H10NP2. The van der Waals surface area contributed by atoms with E-state index in [0.717, 1.165) is 5.92 Å². The van der Waals surface area contributed by atoms with Gasteiger partial charge < -0.3 is 0 Å². The van der Waals surface area contributed by atoms with E-state index in [4.69, 9.17) is 0 Å². The predicted molar refractivity (Wildman–Crippen MR) is 46.0 cm³/mol. The molecule has 53 valence electrons. The van der Waals surface area contributed by atoms with Crippen molar-refractivity contribution in [1.29, 1.82) is 0 Å². The van der Waals surface area contributed by atoms with Gasteiger partial charge in [0.15, 0.2) is 0 Å². The summed E-state index contributed by atoms with van der Waals surface area (Å²) >= 11 is 0. The van der Waals surface area contributed by atoms with Crippen LogP contribution in [0.25, 0.3) is 0 Å². The van der Waals surface area contributed by atoms with Crippen molar-refractivity contribution in [3.05, 3.63) is 11.5 Å². The van der Waals surface area contributed by atoms with Gasteiger partial charge in [0.25, 0.3) is 0 Å². The Hall–Kier alpha value is 0.140. The van der Waals surface area contributed by atoms with Gasteiger partial charge in [0.2, 0.25) is 0 Å². The third kappa shape index (κ3) is 1.26. The maximum absolute atomic E-state index is 4.21. The van der Waals surface area contributed by atoms with Crippen LogP contribution in [0.2, 0.25) is 0 Å². The first-order valence-electron chi connectivity index (χ1n) is 3.78. The van der Waals surface area contributed by atoms with Gasteiger partial charge >= 0.3 is 0 Å². The Balaban J connectivity index is 2.03. The van der Waals surface area contributed by atoms with E-state index in [-0.39, 0.29) is 0 Å². The average molecular weight is 170 g/mol. The lowest BCUT2D eigenvalue weighted by Crippen LogP contribution is -1.91. The van der Waals surface area contributed by atoms with Crippen molar-refractivity contribution in [2.45, 2.75) is 25.7 Å². The average Bonchev–Trinajstić information content (AvgIpc) is 2.59. The fourth-order valence-corrected chi connectivity index (χ4v) is 3.81. The molecule has 1 heterocycles. The van der Waals surface area contributed by atoms with Crippen LogP contribution in [0.5, 0.6) is 0 Å². The molecule has 0 N–H and O–H groups in total. The summed E-state index contributed by atoms with van der Waals surface area (Å²) in [5, 5.41) is 5.80. The maximum atomic E-state index is 4.21. The summed E-state index contributed by atoms with van der Waals surface area (Å²) in [6, 6.07) is 0. The Kier molecular flexibility index (Phi) is 2.07. The van der Waals surface area contributed by atoms with E-state index in [1.54, 1.807) is 5.31 Å². The zero-order valence-electron chi connectivity index (χ0n) is 5.82. The van der Waals surface area contributed by atoms with E-state index < -0.39 is 0 Å². The third-order valence-corrected chi connectivity index (χ3v) is 4.47. The molecule has 1 fully saturated rings. The van der Waals surface area contributed by atoms with Crippen molar-refractivity contribution in [1.82, 2.24) is 5.09 Å². The normalized spacial score (nSPS) is 28.2. The number of allylic oxidation sites excluding steroid dienone is 1. The van der Waals surface area contributed by atoms with Crippen LogP contribution in [-0.4, -0.2) is 0 Å². The van der Waals surface area contributed by atoms with Crippen molar-refractivity contribution in [3.8, 4) is 0 Å². The molecule has 1 aliphatic carbocycles. The Morgan fingerprint density at radius 3 is 2.80 bits per heavy atom. The molecule has 0 atom stereocenters. The van der Waals surface area contributed by atoms with Crippen LogP contribution in [0.3, 0.4) is 0 Å². The lowest BCUT2D eigenvalue weighted by atomic mass is 10.1. The molecule has 0 aromatic heterocycles. The highest BCUT2D eigenvalue weighted by Gasteiger charge is 2.19. The van der Waals surface area contributed by atoms with Gasteiger partial charge in [-0.15, -0.1) is 0 Å². The minimum atomic E-state index is 0.903. The Bertz CT molecular complexity index is 180. The highest BCUT2D eigenvalue weighted by atomic mass is 31.7. The zero-order chi connectivity index (χ0) is 6.81. The second-order valence-corrected chi connectivity index (χ2v) is 5.10. The summed E-state index contributed by atoms with van der Waals surface area (Å²) in [4.78, 5) is 0. The minimum Gasteiger partial charge on any atom is -0.230 e. The van der Waals surface area contributed by atoms with E-state index in [1.807, 2.05) is 0 Å². The van der Waals surface area contributed by atoms with Crippen molar-refractivity contribution in [3.63, 3.8) is 0 Å². The second-order valence-electron chi connectivity index (χ2n) is 2.84. The summed E-state index contributed by atoms with van der Waals surface area (Å²) in [5.74, 6) is 0.903. The lowest BCUT2D eigenvalue weighted by molar-refractivity contribution is 0.672. The molecule has 0 spiro atoms. The summed E-state index contributed by atoms with van der Waals surface area (Å²) in [6.45, 7) is 0. The number of hydrogen-bond donors (Lipinski definition) is 0. The van der Waals surface area contributed by atoms with Crippen LogP contribution in [-0.2, 0) is 0 Å². The molecule has 1 radical (unpaired) electrons. The van der Waals surface area contributed by atoms with Gasteiger partial charge in [0.1, 0.15) is 0 Å². The van der Waals surface area contributed by atoms with Crippen LogP contribution < -0.4 is 5.09 Å². The van der Waals surface area contributed by atoms with Gasteiger partial charge in [0.05, 0.1) is 8.02 Å². The summed E-state index contributed by atoms with van der Waals surface area (Å²) in [6.07, 6.45) is 7.82. The van der Waals surface area contributed by atoms with Crippen LogP contribution in [0.15, 0.2) is 11.5 Å². The monoisotopic (exact) mass is 170 g/mol. The molecule has 0 aromatic rings. The fraction of sp³-hybridized carbons (Fsp3) is 0.714. The van der Waals surface area contributed by atoms with Crippen molar-refractivity contribution in [2.75, 3.05) is 0 Å². The van der Waals surface area contributed by atoms with E-state index in [1.165, 1.54) is 41.6 Å². The Morgan fingerprint density at radius 2 is 2.20 bits per heavy atom. The highest BCUT2D eigenvalue weighted by molar-refractivity contribution is 7.85. The van der Waals surface area contributed by atoms with Gasteiger partial charge in [-0.25, -0.2) is 5.09 Å². The van der Waals surface area contributed by atoms with Crippen LogP contribution >= 0.6 is 15.9 Å². The SMILES string of the molecule is C1=C(C2CCCC2)P=P[N]1. The van der Waals surface area contributed by atoms with Gasteiger partial charge in [-0.3, -0.25) is 0 Å². The topological polar surface area (TPSA) is 14.1 Å². The third-order valence-electron chi connectivity index (χ3n) is 2.18. The fourth-order valence-electron chi connectivity index (χ4n) is 1.60. The molecule has 0 amide bonds. The predicted octanol–water partition coefficient (Wildman–Crippen LogP) is 3.36. The molecule has 10 heavy (non-hydrogen) atoms. The summed E-state index contributed by atoms with van der Waals surface area (Å²) < 4.78 is 0. The molecule has 3 heteroatoms. The van der Waals surface area contributed by atoms with Crippen LogP contribution in [0.4, 0.5) is 0 Å². The molecule has 0 bridgehead atoms. The van der Waals surface area contributed by atoms with Crippen molar-refractivity contribution in [2.24, 2.45) is 5.92 Å². The molecule has 0 unspecified atom stereocenters. The Morgan fingerprint density at radius 1 is 1.40 bits per heavy atom. The zero-order valence-corrected chi connectivity index (χ0v) is 7.61. The van der Waals surface area contributed by atoms with Crippen molar-refractivity contribution >= 4 is 15.9 Å². The first-order chi connectivity index (χ1) is 4.97. The molecule has 1 nitrogen and oxygen atoms in total.